The Morgan fingerprint density at radius 2 is 2.00 bits per heavy atom. The van der Waals surface area contributed by atoms with Crippen LogP contribution in [-0.4, -0.2) is 39.7 Å². The third-order valence-corrected chi connectivity index (χ3v) is 2.72. The van der Waals surface area contributed by atoms with E-state index in [9.17, 15) is 9.59 Å². The lowest BCUT2D eigenvalue weighted by molar-refractivity contribution is -0.138. The van der Waals surface area contributed by atoms with E-state index in [2.05, 4.69) is 0 Å². The van der Waals surface area contributed by atoms with Gasteiger partial charge in [-0.25, -0.2) is 4.79 Å². The zero-order valence-electron chi connectivity index (χ0n) is 8.64. The van der Waals surface area contributed by atoms with Gasteiger partial charge in [0.1, 0.15) is 6.04 Å². The predicted octanol–water partition coefficient (Wildman–Crippen LogP) is 0.551. The van der Waals surface area contributed by atoms with Crippen molar-refractivity contribution in [3.8, 4) is 0 Å². The Labute approximate surface area is 92.3 Å². The lowest BCUT2D eigenvalue weighted by Gasteiger charge is -2.09. The summed E-state index contributed by atoms with van der Waals surface area (Å²) < 4.78 is 0. The van der Waals surface area contributed by atoms with Crippen molar-refractivity contribution in [2.45, 2.75) is 24.6 Å². The van der Waals surface area contributed by atoms with Gasteiger partial charge in [-0.1, -0.05) is 6.08 Å². The van der Waals surface area contributed by atoms with Crippen LogP contribution in [0, 0.1) is 0 Å². The molecule has 4 N–H and O–H groups in total. The van der Waals surface area contributed by atoms with E-state index in [1.54, 1.807) is 0 Å². The number of aliphatic carboxylic acids is 2. The molecule has 0 aliphatic carbocycles. The molecule has 2 atom stereocenters. The van der Waals surface area contributed by atoms with Gasteiger partial charge in [-0.05, 0) is 13.2 Å². The van der Waals surface area contributed by atoms with E-state index in [-0.39, 0.29) is 17.2 Å². The summed E-state index contributed by atoms with van der Waals surface area (Å²) in [5.74, 6) is -2.31. The molecule has 0 aliphatic rings. The Morgan fingerprint density at radius 3 is 2.33 bits per heavy atom. The van der Waals surface area contributed by atoms with Crippen LogP contribution >= 0.6 is 11.8 Å². The van der Waals surface area contributed by atoms with Crippen molar-refractivity contribution in [1.29, 1.82) is 0 Å². The number of carbonyl (C=O) groups is 2. The second-order valence-corrected chi connectivity index (χ2v) is 4.30. The summed E-state index contributed by atoms with van der Waals surface area (Å²) in [5.41, 5.74) is 5.31. The molecular weight excluding hydrogens is 218 g/mol. The number of nitrogens with two attached hydrogens (primary N) is 1. The number of hydrogen-bond acceptors (Lipinski definition) is 4. The van der Waals surface area contributed by atoms with E-state index in [1.807, 2.05) is 13.2 Å². The van der Waals surface area contributed by atoms with Gasteiger partial charge < -0.3 is 15.9 Å². The third kappa shape index (κ3) is 5.44. The summed E-state index contributed by atoms with van der Waals surface area (Å²) in [7, 11) is 0. The van der Waals surface area contributed by atoms with E-state index in [1.165, 1.54) is 17.8 Å². The highest BCUT2D eigenvalue weighted by atomic mass is 32.2. The minimum Gasteiger partial charge on any atom is -0.480 e. The molecule has 0 aromatic heterocycles. The smallest absolute Gasteiger partial charge is 0.331 e. The van der Waals surface area contributed by atoms with Crippen molar-refractivity contribution < 1.29 is 19.8 Å². The van der Waals surface area contributed by atoms with Crippen LogP contribution in [0.2, 0.25) is 0 Å². The van der Waals surface area contributed by atoms with Crippen LogP contribution in [0.1, 0.15) is 13.3 Å². The van der Waals surface area contributed by atoms with Crippen molar-refractivity contribution in [2.24, 2.45) is 5.73 Å². The van der Waals surface area contributed by atoms with Crippen molar-refractivity contribution in [3.63, 3.8) is 0 Å². The summed E-state index contributed by atoms with van der Waals surface area (Å²) in [4.78, 5) is 21.2. The van der Waals surface area contributed by atoms with Gasteiger partial charge in [0.15, 0.2) is 0 Å². The van der Waals surface area contributed by atoms with Crippen LogP contribution in [0.3, 0.4) is 0 Å². The van der Waals surface area contributed by atoms with Crippen LogP contribution in [0.15, 0.2) is 11.6 Å². The highest BCUT2D eigenvalue weighted by molar-refractivity contribution is 7.99. The zero-order chi connectivity index (χ0) is 12.0. The summed E-state index contributed by atoms with van der Waals surface area (Å²) in [6.07, 6.45) is 3.21. The lowest BCUT2D eigenvalue weighted by atomic mass is 10.1. The Morgan fingerprint density at radius 1 is 1.47 bits per heavy atom. The molecule has 0 bridgehead atoms. The average molecular weight is 233 g/mol. The monoisotopic (exact) mass is 233 g/mol. The molecule has 0 saturated heterocycles. The molecule has 0 heterocycles. The molecule has 86 valence electrons. The van der Waals surface area contributed by atoms with Crippen LogP contribution in [-0.2, 0) is 9.59 Å². The predicted molar refractivity (Wildman–Crippen MR) is 58.9 cm³/mol. The average Bonchev–Trinajstić information content (AvgIpc) is 2.15. The molecule has 0 aromatic rings. The van der Waals surface area contributed by atoms with Crippen molar-refractivity contribution >= 4 is 23.7 Å². The normalized spacial score (nSPS) is 15.8. The van der Waals surface area contributed by atoms with Gasteiger partial charge in [-0.3, -0.25) is 4.79 Å². The van der Waals surface area contributed by atoms with Crippen LogP contribution in [0.5, 0.6) is 0 Å². The Balaban J connectivity index is 4.62. The topological polar surface area (TPSA) is 101 Å². The summed E-state index contributed by atoms with van der Waals surface area (Å²) in [6.45, 7) is 1.83. The van der Waals surface area contributed by atoms with Crippen molar-refractivity contribution in [3.05, 3.63) is 11.6 Å². The molecule has 0 spiro atoms. The second kappa shape index (κ2) is 6.47. The van der Waals surface area contributed by atoms with Crippen molar-refractivity contribution in [1.82, 2.24) is 0 Å². The lowest BCUT2D eigenvalue weighted by Crippen LogP contribution is -2.31. The van der Waals surface area contributed by atoms with Gasteiger partial charge >= 0.3 is 11.9 Å². The van der Waals surface area contributed by atoms with Gasteiger partial charge in [0.05, 0.1) is 0 Å². The maximum absolute atomic E-state index is 10.8. The Bertz CT molecular complexity index is 277. The fraction of sp³-hybridized carbons (Fsp3) is 0.556. The number of carboxylic acids is 2. The van der Waals surface area contributed by atoms with Gasteiger partial charge in [-0.15, -0.1) is 0 Å². The van der Waals surface area contributed by atoms with Crippen LogP contribution in [0.4, 0.5) is 0 Å². The molecule has 0 saturated carbocycles. The van der Waals surface area contributed by atoms with Gasteiger partial charge in [-0.2, -0.15) is 11.8 Å². The van der Waals surface area contributed by atoms with E-state index in [4.69, 9.17) is 15.9 Å². The minimum atomic E-state index is -1.20. The molecule has 0 rings (SSSR count). The zero-order valence-corrected chi connectivity index (χ0v) is 9.45. The highest BCUT2D eigenvalue weighted by Crippen LogP contribution is 2.13. The van der Waals surface area contributed by atoms with Crippen LogP contribution in [0.25, 0.3) is 0 Å². The Kier molecular flexibility index (Phi) is 6.03. The van der Waals surface area contributed by atoms with E-state index in [0.717, 1.165) is 0 Å². The first-order valence-corrected chi connectivity index (χ1v) is 5.62. The minimum absolute atomic E-state index is 0.0251. The molecule has 0 aromatic carbocycles. The fourth-order valence-electron chi connectivity index (χ4n) is 0.902. The summed E-state index contributed by atoms with van der Waals surface area (Å²) in [5, 5.41) is 17.4. The standard InChI is InChI=1S/C9H15NO4S/c1-5(15-2)3-6(8(11)12)4-7(10)9(13)14/h3,5,7H,4,10H2,1-2H3,(H,11,12)(H,13,14)/b6-3+/t5-,7-/m0/s1. The van der Waals surface area contributed by atoms with E-state index >= 15 is 0 Å². The molecule has 15 heavy (non-hydrogen) atoms. The largest absolute Gasteiger partial charge is 0.480 e. The first-order chi connectivity index (χ1) is 6.88. The molecule has 6 heteroatoms. The molecule has 5 nitrogen and oxygen atoms in total. The molecule has 0 amide bonds. The van der Waals surface area contributed by atoms with Crippen LogP contribution < -0.4 is 5.73 Å². The molecule has 0 unspecified atom stereocenters. The SMILES string of the molecule is CS[C@@H](C)/C=C(\C[C@H](N)C(=O)O)C(=O)O. The van der Waals surface area contributed by atoms with Crippen molar-refractivity contribution in [2.75, 3.05) is 6.26 Å². The number of carboxylic acid groups (broad SMARTS) is 2. The Hall–Kier alpha value is -1.01. The summed E-state index contributed by atoms with van der Waals surface area (Å²) >= 11 is 1.48. The fourth-order valence-corrected chi connectivity index (χ4v) is 1.20. The third-order valence-electron chi connectivity index (χ3n) is 1.84. The highest BCUT2D eigenvalue weighted by Gasteiger charge is 2.18. The number of rotatable bonds is 6. The number of thioether (sulfide) groups is 1. The molecular formula is C9H15NO4S. The molecule has 0 aliphatic heterocycles. The first-order valence-electron chi connectivity index (χ1n) is 4.33. The quantitative estimate of drug-likeness (QED) is 0.579. The molecule has 0 radical (unpaired) electrons. The first kappa shape index (κ1) is 14.0. The van der Waals surface area contributed by atoms with E-state index < -0.39 is 18.0 Å². The maximum atomic E-state index is 10.8. The second-order valence-electron chi connectivity index (χ2n) is 3.09. The van der Waals surface area contributed by atoms with E-state index in [0.29, 0.717) is 0 Å². The summed E-state index contributed by atoms with van der Waals surface area (Å²) in [6, 6.07) is -1.17. The van der Waals surface area contributed by atoms with Gasteiger partial charge in [0.2, 0.25) is 0 Å². The van der Waals surface area contributed by atoms with Gasteiger partial charge in [0, 0.05) is 17.2 Å². The molecule has 0 fully saturated rings. The van der Waals surface area contributed by atoms with Gasteiger partial charge in [0.25, 0.3) is 0 Å². The maximum Gasteiger partial charge on any atom is 0.331 e. The number of hydrogen-bond donors (Lipinski definition) is 3.